The normalized spacial score (nSPS) is 20.0. The molecule has 1 N–H and O–H groups in total. The summed E-state index contributed by atoms with van der Waals surface area (Å²) in [7, 11) is 0. The number of piperidine rings is 2. The van der Waals surface area contributed by atoms with E-state index in [1.165, 1.54) is 5.56 Å². The van der Waals surface area contributed by atoms with Crippen LogP contribution in [0.1, 0.15) is 60.2 Å². The summed E-state index contributed by atoms with van der Waals surface area (Å²) in [5, 5.41) is 12.2. The van der Waals surface area contributed by atoms with Crippen molar-refractivity contribution in [1.29, 1.82) is 5.26 Å². The van der Waals surface area contributed by atoms with Crippen LogP contribution in [0.15, 0.2) is 72.8 Å². The van der Waals surface area contributed by atoms with Gasteiger partial charge in [-0.15, -0.1) is 0 Å². The molecule has 7 nitrogen and oxygen atoms in total. The van der Waals surface area contributed by atoms with Crippen molar-refractivity contribution in [1.82, 2.24) is 15.1 Å². The van der Waals surface area contributed by atoms with Gasteiger partial charge in [0.05, 0.1) is 17.7 Å². The number of halogens is 1. The third-order valence-electron chi connectivity index (χ3n) is 8.06. The monoisotopic (exact) mass is 584 g/mol. The molecule has 0 aliphatic carbocycles. The van der Waals surface area contributed by atoms with Crippen molar-refractivity contribution in [2.45, 2.75) is 70.6 Å². The van der Waals surface area contributed by atoms with E-state index in [1.807, 2.05) is 62.4 Å². The molecule has 226 valence electrons. The van der Waals surface area contributed by atoms with Crippen molar-refractivity contribution in [3.05, 3.63) is 95.1 Å². The maximum Gasteiger partial charge on any atom is 0.251 e. The molecule has 2 heterocycles. The Kier molecular flexibility index (Phi) is 10.3. The van der Waals surface area contributed by atoms with Crippen LogP contribution in [0.5, 0.6) is 11.5 Å². The smallest absolute Gasteiger partial charge is 0.251 e. The zero-order chi connectivity index (χ0) is 30.2. The summed E-state index contributed by atoms with van der Waals surface area (Å²) in [5.74, 6) is 1.23. The van der Waals surface area contributed by atoms with Gasteiger partial charge in [-0.25, -0.2) is 4.39 Å². The van der Waals surface area contributed by atoms with E-state index in [9.17, 15) is 4.79 Å². The van der Waals surface area contributed by atoms with E-state index in [0.717, 1.165) is 50.3 Å². The summed E-state index contributed by atoms with van der Waals surface area (Å²) in [5.41, 5.74) is 3.50. The van der Waals surface area contributed by atoms with Crippen LogP contribution in [0, 0.1) is 11.3 Å². The average molecular weight is 585 g/mol. The van der Waals surface area contributed by atoms with Crippen LogP contribution in [-0.4, -0.2) is 66.3 Å². The van der Waals surface area contributed by atoms with Gasteiger partial charge in [-0.3, -0.25) is 14.6 Å². The van der Waals surface area contributed by atoms with Crippen molar-refractivity contribution in [2.24, 2.45) is 0 Å². The molecule has 0 spiro atoms. The minimum Gasteiger partial charge on any atom is -0.491 e. The Morgan fingerprint density at radius 1 is 0.930 bits per heavy atom. The first-order valence-electron chi connectivity index (χ1n) is 15.3. The molecule has 0 bridgehead atoms. The Hall–Kier alpha value is -3.93. The molecule has 2 aliphatic rings. The molecule has 0 unspecified atom stereocenters. The van der Waals surface area contributed by atoms with Gasteiger partial charge in [-0.1, -0.05) is 30.3 Å². The zero-order valence-corrected chi connectivity index (χ0v) is 25.0. The van der Waals surface area contributed by atoms with E-state index in [2.05, 4.69) is 21.2 Å². The second-order valence-electron chi connectivity index (χ2n) is 11.9. The Bertz CT molecular complexity index is 1380. The quantitative estimate of drug-likeness (QED) is 0.328. The van der Waals surface area contributed by atoms with E-state index >= 15 is 4.39 Å². The number of nitrogens with one attached hydrogen (secondary N) is 1. The maximum absolute atomic E-state index is 15.2. The SMILES string of the molecule is CC(C)Oc1ccc(CN2CC[C@@H](Oc3cccc(C(=O)NC4CCN(Cc5ccc(C#N)cc5)CC4)c3)[C@H](F)C2)cc1. The number of likely N-dealkylation sites (tertiary alicyclic amines) is 2. The Morgan fingerprint density at radius 3 is 2.23 bits per heavy atom. The number of benzene rings is 3. The Morgan fingerprint density at radius 2 is 1.58 bits per heavy atom. The number of hydrogen-bond acceptors (Lipinski definition) is 6. The third-order valence-corrected chi connectivity index (χ3v) is 8.06. The topological polar surface area (TPSA) is 77.8 Å². The summed E-state index contributed by atoms with van der Waals surface area (Å²) in [6.45, 7) is 8.34. The lowest BCUT2D eigenvalue weighted by Gasteiger charge is -2.34. The van der Waals surface area contributed by atoms with Crippen molar-refractivity contribution >= 4 is 5.91 Å². The van der Waals surface area contributed by atoms with Gasteiger partial charge in [0.25, 0.3) is 5.91 Å². The van der Waals surface area contributed by atoms with Crippen molar-refractivity contribution in [3.63, 3.8) is 0 Å². The van der Waals surface area contributed by atoms with E-state index in [4.69, 9.17) is 14.7 Å². The molecule has 2 saturated heterocycles. The minimum atomic E-state index is -1.12. The van der Waals surface area contributed by atoms with Gasteiger partial charge in [-0.2, -0.15) is 5.26 Å². The van der Waals surface area contributed by atoms with E-state index in [1.54, 1.807) is 24.3 Å². The zero-order valence-electron chi connectivity index (χ0n) is 25.0. The van der Waals surface area contributed by atoms with Crippen LogP contribution in [0.4, 0.5) is 4.39 Å². The van der Waals surface area contributed by atoms with Crippen LogP contribution in [0.3, 0.4) is 0 Å². The van der Waals surface area contributed by atoms with Crippen molar-refractivity contribution in [2.75, 3.05) is 26.2 Å². The lowest BCUT2D eigenvalue weighted by Crippen LogP contribution is -2.46. The lowest BCUT2D eigenvalue weighted by atomic mass is 10.0. The first kappa shape index (κ1) is 30.5. The standard InChI is InChI=1S/C35H41FN4O3/c1-25(2)42-31-12-10-28(11-13-31)23-40-19-16-34(33(36)24-40)43-32-5-3-4-29(20-32)35(41)38-30-14-17-39(18-15-30)22-27-8-6-26(21-37)7-9-27/h3-13,20,25,30,33-34H,14-19,22-24H2,1-2H3,(H,38,41)/t33-,34-/m1/s1. The number of carbonyl (C=O) groups excluding carboxylic acids is 1. The highest BCUT2D eigenvalue weighted by Gasteiger charge is 2.31. The number of amides is 1. The van der Waals surface area contributed by atoms with E-state index < -0.39 is 12.3 Å². The molecular weight excluding hydrogens is 543 g/mol. The number of carbonyl (C=O) groups is 1. The molecule has 0 radical (unpaired) electrons. The first-order chi connectivity index (χ1) is 20.8. The first-order valence-corrected chi connectivity index (χ1v) is 15.3. The summed E-state index contributed by atoms with van der Waals surface area (Å²) in [6.07, 6.45) is 0.781. The fourth-order valence-electron chi connectivity index (χ4n) is 5.76. The molecular formula is C35H41FN4O3. The van der Waals surface area contributed by atoms with E-state index in [-0.39, 0.29) is 18.1 Å². The molecule has 2 atom stereocenters. The van der Waals surface area contributed by atoms with Gasteiger partial charge in [0, 0.05) is 50.9 Å². The number of ether oxygens (including phenoxy) is 2. The highest BCUT2D eigenvalue weighted by molar-refractivity contribution is 5.94. The number of alkyl halides is 1. The van der Waals surface area contributed by atoms with Crippen molar-refractivity contribution in [3.8, 4) is 17.6 Å². The molecule has 1 amide bonds. The highest BCUT2D eigenvalue weighted by Crippen LogP contribution is 2.24. The Labute approximate surface area is 254 Å². The molecule has 8 heteroatoms. The Balaban J connectivity index is 1.06. The predicted octanol–water partition coefficient (Wildman–Crippen LogP) is 5.73. The molecule has 3 aromatic carbocycles. The fourth-order valence-corrected chi connectivity index (χ4v) is 5.76. The number of nitriles is 1. The molecule has 5 rings (SSSR count). The van der Waals surface area contributed by atoms with Gasteiger partial charge in [0.15, 0.2) is 0 Å². The fraction of sp³-hybridized carbons (Fsp3) is 0.429. The summed E-state index contributed by atoms with van der Waals surface area (Å²) in [4.78, 5) is 17.5. The lowest BCUT2D eigenvalue weighted by molar-refractivity contribution is 0.0190. The molecule has 2 fully saturated rings. The predicted molar refractivity (Wildman–Crippen MR) is 165 cm³/mol. The van der Waals surface area contributed by atoms with Gasteiger partial charge in [0.1, 0.15) is 23.8 Å². The molecule has 3 aromatic rings. The third kappa shape index (κ3) is 8.79. The minimum absolute atomic E-state index is 0.104. The average Bonchev–Trinajstić information content (AvgIpc) is 3.01. The summed E-state index contributed by atoms with van der Waals surface area (Å²) >= 11 is 0. The van der Waals surface area contributed by atoms with Crippen molar-refractivity contribution < 1.29 is 18.7 Å². The van der Waals surface area contributed by atoms with Gasteiger partial charge in [0.2, 0.25) is 0 Å². The van der Waals surface area contributed by atoms with Gasteiger partial charge < -0.3 is 14.8 Å². The molecule has 43 heavy (non-hydrogen) atoms. The second-order valence-corrected chi connectivity index (χ2v) is 11.9. The maximum atomic E-state index is 15.2. The summed E-state index contributed by atoms with van der Waals surface area (Å²) in [6, 6.07) is 25.0. The second kappa shape index (κ2) is 14.5. The molecule has 2 aliphatic heterocycles. The van der Waals surface area contributed by atoms with E-state index in [0.29, 0.717) is 36.4 Å². The van der Waals surface area contributed by atoms with Crippen LogP contribution in [0.25, 0.3) is 0 Å². The van der Waals surface area contributed by atoms with Crippen LogP contribution >= 0.6 is 0 Å². The number of nitrogens with zero attached hydrogens (tertiary/aromatic N) is 3. The van der Waals surface area contributed by atoms with Gasteiger partial charge >= 0.3 is 0 Å². The molecule has 0 aromatic heterocycles. The van der Waals surface area contributed by atoms with Crippen LogP contribution in [0.2, 0.25) is 0 Å². The largest absolute Gasteiger partial charge is 0.491 e. The number of hydrogen-bond donors (Lipinski definition) is 1. The number of rotatable bonds is 10. The van der Waals surface area contributed by atoms with Gasteiger partial charge in [-0.05, 0) is 86.7 Å². The summed E-state index contributed by atoms with van der Waals surface area (Å²) < 4.78 is 27.0. The van der Waals surface area contributed by atoms with Crippen LogP contribution in [-0.2, 0) is 13.1 Å². The molecule has 0 saturated carbocycles. The highest BCUT2D eigenvalue weighted by atomic mass is 19.1. The van der Waals surface area contributed by atoms with Crippen LogP contribution < -0.4 is 14.8 Å².